The second kappa shape index (κ2) is 6.03. The molecule has 0 heterocycles. The molecule has 8 heteroatoms. The van der Waals surface area contributed by atoms with Crippen LogP contribution >= 0.6 is 0 Å². The van der Waals surface area contributed by atoms with Crippen molar-refractivity contribution in [3.05, 3.63) is 44.0 Å². The first-order chi connectivity index (χ1) is 8.49. The van der Waals surface area contributed by atoms with E-state index in [2.05, 4.69) is 0 Å². The fourth-order valence-corrected chi connectivity index (χ4v) is 1.51. The number of hydrogen-bond acceptors (Lipinski definition) is 6. The highest BCUT2D eigenvalue weighted by molar-refractivity contribution is 5.49. The smallest absolute Gasteiger partial charge is 0.279 e. The maximum atomic E-state index is 10.8. The molecule has 0 bridgehead atoms. The molecule has 2 N–H and O–H groups in total. The van der Waals surface area contributed by atoms with E-state index in [-0.39, 0.29) is 36.6 Å². The monoisotopic (exact) mass is 256 g/mol. The topological polar surface area (TPSA) is 127 Å². The molecule has 18 heavy (non-hydrogen) atoms. The normalized spacial score (nSPS) is 10.6. The number of hydrogen-bond donors (Lipinski definition) is 2. The van der Waals surface area contributed by atoms with E-state index in [4.69, 9.17) is 10.2 Å². The summed E-state index contributed by atoms with van der Waals surface area (Å²) in [5.74, 6) is -0.523. The Balaban J connectivity index is 3.11. The maximum absolute atomic E-state index is 10.8. The second-order valence-corrected chi connectivity index (χ2v) is 3.76. The molecule has 0 amide bonds. The molecule has 1 aromatic carbocycles. The van der Waals surface area contributed by atoms with Crippen LogP contribution in [-0.4, -0.2) is 33.3 Å². The lowest BCUT2D eigenvalue weighted by molar-refractivity contribution is -0.394. The third-order valence-electron chi connectivity index (χ3n) is 2.50. The van der Waals surface area contributed by atoms with Gasteiger partial charge in [-0.2, -0.15) is 0 Å². The van der Waals surface area contributed by atoms with Crippen LogP contribution in [0.15, 0.2) is 18.2 Å². The molecule has 8 nitrogen and oxygen atoms in total. The Morgan fingerprint density at radius 2 is 1.72 bits per heavy atom. The lowest BCUT2D eigenvalue weighted by Crippen LogP contribution is -2.15. The number of non-ortho nitro benzene ring substituents is 1. The molecule has 0 fully saturated rings. The fraction of sp³-hybridized carbons (Fsp3) is 0.400. The van der Waals surface area contributed by atoms with Crippen molar-refractivity contribution in [1.29, 1.82) is 0 Å². The molecular weight excluding hydrogens is 244 g/mol. The van der Waals surface area contributed by atoms with Crippen LogP contribution < -0.4 is 0 Å². The summed E-state index contributed by atoms with van der Waals surface area (Å²) < 4.78 is 0. The predicted molar refractivity (Wildman–Crippen MR) is 61.1 cm³/mol. The standard InChI is InChI=1S/C10H12N2O6/c13-5-7(6-14)3-8-1-2-9(11(15)16)4-10(8)12(17)18/h1-2,4,7,13-14H,3,5-6H2. The number of rotatable bonds is 6. The molecule has 0 aromatic heterocycles. The van der Waals surface area contributed by atoms with Gasteiger partial charge in [-0.05, 0) is 12.5 Å². The SMILES string of the molecule is O=[N+]([O-])c1ccc(CC(CO)CO)c([N+](=O)[O-])c1. The average molecular weight is 256 g/mol. The molecule has 0 saturated heterocycles. The Bertz CT molecular complexity index is 458. The van der Waals surface area contributed by atoms with Crippen LogP contribution in [0.2, 0.25) is 0 Å². The van der Waals surface area contributed by atoms with E-state index in [1.165, 1.54) is 6.07 Å². The van der Waals surface area contributed by atoms with Gasteiger partial charge < -0.3 is 10.2 Å². The highest BCUT2D eigenvalue weighted by atomic mass is 16.6. The van der Waals surface area contributed by atoms with Crippen molar-refractivity contribution in [3.8, 4) is 0 Å². The van der Waals surface area contributed by atoms with Gasteiger partial charge >= 0.3 is 0 Å². The second-order valence-electron chi connectivity index (χ2n) is 3.76. The van der Waals surface area contributed by atoms with Crippen LogP contribution in [0, 0.1) is 26.1 Å². The van der Waals surface area contributed by atoms with Gasteiger partial charge in [-0.15, -0.1) is 0 Å². The van der Waals surface area contributed by atoms with Gasteiger partial charge in [0.05, 0.1) is 15.9 Å². The summed E-state index contributed by atoms with van der Waals surface area (Å²) in [5, 5.41) is 39.2. The van der Waals surface area contributed by atoms with Crippen molar-refractivity contribution in [2.45, 2.75) is 6.42 Å². The van der Waals surface area contributed by atoms with Crippen molar-refractivity contribution >= 4 is 11.4 Å². The number of nitrogens with zero attached hydrogens (tertiary/aromatic N) is 2. The number of benzene rings is 1. The first-order valence-electron chi connectivity index (χ1n) is 5.13. The largest absolute Gasteiger partial charge is 0.396 e. The molecule has 0 saturated carbocycles. The number of nitro benzene ring substituents is 2. The summed E-state index contributed by atoms with van der Waals surface area (Å²) in [6, 6.07) is 3.31. The van der Waals surface area contributed by atoms with E-state index in [0.717, 1.165) is 12.1 Å². The summed E-state index contributed by atoms with van der Waals surface area (Å²) in [5.41, 5.74) is -0.496. The summed E-state index contributed by atoms with van der Waals surface area (Å²) >= 11 is 0. The van der Waals surface area contributed by atoms with Gasteiger partial charge in [-0.1, -0.05) is 0 Å². The first kappa shape index (κ1) is 14.0. The fourth-order valence-electron chi connectivity index (χ4n) is 1.51. The molecule has 0 unspecified atom stereocenters. The zero-order valence-corrected chi connectivity index (χ0v) is 9.35. The van der Waals surface area contributed by atoms with E-state index in [1.54, 1.807) is 0 Å². The van der Waals surface area contributed by atoms with Gasteiger partial charge in [-0.25, -0.2) is 0 Å². The Hall–Kier alpha value is -2.06. The van der Waals surface area contributed by atoms with E-state index >= 15 is 0 Å². The lowest BCUT2D eigenvalue weighted by atomic mass is 9.99. The third kappa shape index (κ3) is 3.22. The van der Waals surface area contributed by atoms with Crippen LogP contribution in [0.25, 0.3) is 0 Å². The van der Waals surface area contributed by atoms with Crippen molar-refractivity contribution in [2.24, 2.45) is 5.92 Å². The van der Waals surface area contributed by atoms with Crippen LogP contribution in [0.5, 0.6) is 0 Å². The quantitative estimate of drug-likeness (QED) is 0.568. The minimum atomic E-state index is -0.716. The minimum absolute atomic E-state index is 0.0846. The van der Waals surface area contributed by atoms with Crippen molar-refractivity contribution in [2.75, 3.05) is 13.2 Å². The van der Waals surface area contributed by atoms with Crippen LogP contribution in [0.3, 0.4) is 0 Å². The third-order valence-corrected chi connectivity index (χ3v) is 2.50. The van der Waals surface area contributed by atoms with Crippen molar-refractivity contribution in [3.63, 3.8) is 0 Å². The molecule has 0 spiro atoms. The zero-order chi connectivity index (χ0) is 13.7. The molecule has 0 atom stereocenters. The Morgan fingerprint density at radius 3 is 2.17 bits per heavy atom. The lowest BCUT2D eigenvalue weighted by Gasteiger charge is -2.10. The Labute approximate surface area is 102 Å². The molecule has 0 aliphatic carbocycles. The zero-order valence-electron chi connectivity index (χ0n) is 9.35. The van der Waals surface area contributed by atoms with E-state index < -0.39 is 15.8 Å². The maximum Gasteiger partial charge on any atom is 0.279 e. The van der Waals surface area contributed by atoms with Gasteiger partial charge in [0, 0.05) is 30.8 Å². The van der Waals surface area contributed by atoms with Crippen molar-refractivity contribution < 1.29 is 20.1 Å². The van der Waals surface area contributed by atoms with Crippen LogP contribution in [0.1, 0.15) is 5.56 Å². The molecule has 0 aliphatic heterocycles. The first-order valence-corrected chi connectivity index (χ1v) is 5.13. The van der Waals surface area contributed by atoms with E-state index in [1.807, 2.05) is 0 Å². The number of aliphatic hydroxyl groups is 2. The predicted octanol–water partition coefficient (Wildman–Crippen LogP) is 0.646. The Kier molecular flexibility index (Phi) is 4.69. The van der Waals surface area contributed by atoms with Crippen LogP contribution in [-0.2, 0) is 6.42 Å². The highest BCUT2D eigenvalue weighted by Crippen LogP contribution is 2.26. The van der Waals surface area contributed by atoms with E-state index in [0.29, 0.717) is 0 Å². The Morgan fingerprint density at radius 1 is 1.11 bits per heavy atom. The average Bonchev–Trinajstić information content (AvgIpc) is 2.35. The van der Waals surface area contributed by atoms with Gasteiger partial charge in [-0.3, -0.25) is 20.2 Å². The van der Waals surface area contributed by atoms with E-state index in [9.17, 15) is 20.2 Å². The molecule has 98 valence electrons. The summed E-state index contributed by atoms with van der Waals surface area (Å²) in [7, 11) is 0. The van der Waals surface area contributed by atoms with Gasteiger partial charge in [0.1, 0.15) is 0 Å². The minimum Gasteiger partial charge on any atom is -0.396 e. The van der Waals surface area contributed by atoms with Crippen molar-refractivity contribution in [1.82, 2.24) is 0 Å². The molecule has 1 aromatic rings. The summed E-state index contributed by atoms with van der Waals surface area (Å²) in [6.07, 6.45) is 0.0846. The molecular formula is C10H12N2O6. The molecule has 1 rings (SSSR count). The highest BCUT2D eigenvalue weighted by Gasteiger charge is 2.21. The van der Waals surface area contributed by atoms with Gasteiger partial charge in [0.15, 0.2) is 0 Å². The summed E-state index contributed by atoms with van der Waals surface area (Å²) in [4.78, 5) is 19.9. The summed E-state index contributed by atoms with van der Waals surface area (Å²) in [6.45, 7) is -0.630. The number of nitro groups is 2. The van der Waals surface area contributed by atoms with Gasteiger partial charge in [0.2, 0.25) is 0 Å². The molecule has 0 aliphatic rings. The molecule has 0 radical (unpaired) electrons. The number of aliphatic hydroxyl groups excluding tert-OH is 2. The van der Waals surface area contributed by atoms with Crippen LogP contribution in [0.4, 0.5) is 11.4 Å². The van der Waals surface area contributed by atoms with Gasteiger partial charge in [0.25, 0.3) is 11.4 Å².